The van der Waals surface area contributed by atoms with E-state index in [0.29, 0.717) is 17.2 Å². The number of ether oxygens (including phenoxy) is 1. The number of methoxy groups -OCH3 is 1. The van der Waals surface area contributed by atoms with Gasteiger partial charge in [0.05, 0.1) is 12.0 Å². The molecule has 0 saturated carbocycles. The Kier molecular flexibility index (Phi) is 4.44. The second kappa shape index (κ2) is 6.41. The van der Waals surface area contributed by atoms with Gasteiger partial charge in [-0.2, -0.15) is 4.31 Å². The van der Waals surface area contributed by atoms with Crippen LogP contribution in [-0.4, -0.2) is 54.4 Å². The SMILES string of the molecule is COC(=O)c1nccc2c(S(=O)(=O)N3CCC[C@H]3C(=O)O)cccc12. The fourth-order valence-corrected chi connectivity index (χ4v) is 4.92. The van der Waals surface area contributed by atoms with Crippen LogP contribution in [0.5, 0.6) is 0 Å². The molecule has 0 aliphatic carbocycles. The van der Waals surface area contributed by atoms with Crippen molar-refractivity contribution in [1.82, 2.24) is 9.29 Å². The summed E-state index contributed by atoms with van der Waals surface area (Å²) < 4.78 is 31.8. The van der Waals surface area contributed by atoms with E-state index in [1.807, 2.05) is 0 Å². The summed E-state index contributed by atoms with van der Waals surface area (Å²) in [6, 6.07) is 4.87. The minimum absolute atomic E-state index is 0.00764. The molecule has 1 aliphatic heterocycles. The van der Waals surface area contributed by atoms with E-state index in [2.05, 4.69) is 9.72 Å². The number of rotatable bonds is 4. The first-order valence-electron chi connectivity index (χ1n) is 7.58. The van der Waals surface area contributed by atoms with Crippen LogP contribution < -0.4 is 0 Å². The largest absolute Gasteiger partial charge is 0.480 e. The van der Waals surface area contributed by atoms with Gasteiger partial charge in [0.25, 0.3) is 0 Å². The molecule has 1 atom stereocenters. The number of benzene rings is 1. The van der Waals surface area contributed by atoms with Crippen molar-refractivity contribution in [2.45, 2.75) is 23.8 Å². The normalized spacial score (nSPS) is 18.4. The number of nitrogens with zero attached hydrogens (tertiary/aromatic N) is 2. The zero-order chi connectivity index (χ0) is 18.2. The van der Waals surface area contributed by atoms with Crippen LogP contribution in [-0.2, 0) is 19.6 Å². The van der Waals surface area contributed by atoms with Gasteiger partial charge in [-0.3, -0.25) is 4.79 Å². The molecule has 1 aromatic heterocycles. The van der Waals surface area contributed by atoms with Gasteiger partial charge in [-0.05, 0) is 25.0 Å². The lowest BCUT2D eigenvalue weighted by atomic mass is 10.1. The molecule has 1 N–H and O–H groups in total. The first kappa shape index (κ1) is 17.3. The van der Waals surface area contributed by atoms with Gasteiger partial charge in [0.2, 0.25) is 10.0 Å². The maximum Gasteiger partial charge on any atom is 0.357 e. The summed E-state index contributed by atoms with van der Waals surface area (Å²) in [4.78, 5) is 27.1. The van der Waals surface area contributed by atoms with Gasteiger partial charge in [-0.25, -0.2) is 18.2 Å². The van der Waals surface area contributed by atoms with Crippen molar-refractivity contribution in [2.75, 3.05) is 13.7 Å². The number of esters is 1. The Labute approximate surface area is 144 Å². The molecule has 0 bridgehead atoms. The van der Waals surface area contributed by atoms with Crippen molar-refractivity contribution in [3.05, 3.63) is 36.2 Å². The predicted octanol–water partition coefficient (Wildman–Crippen LogP) is 1.26. The summed E-state index contributed by atoms with van der Waals surface area (Å²) >= 11 is 0. The smallest absolute Gasteiger partial charge is 0.357 e. The summed E-state index contributed by atoms with van der Waals surface area (Å²) in [6.07, 6.45) is 2.08. The van der Waals surface area contributed by atoms with Gasteiger partial charge in [0.15, 0.2) is 5.69 Å². The van der Waals surface area contributed by atoms with E-state index in [1.165, 1.54) is 31.5 Å². The van der Waals surface area contributed by atoms with Gasteiger partial charge in [-0.15, -0.1) is 0 Å². The summed E-state index contributed by atoms with van der Waals surface area (Å²) in [5.41, 5.74) is 0.00764. The second-order valence-corrected chi connectivity index (χ2v) is 7.47. The number of aromatic nitrogens is 1. The molecule has 9 heteroatoms. The van der Waals surface area contributed by atoms with Crippen molar-refractivity contribution in [3.8, 4) is 0 Å². The van der Waals surface area contributed by atoms with Crippen LogP contribution in [0.15, 0.2) is 35.4 Å². The molecule has 1 aromatic carbocycles. The molecular formula is C16H16N2O6S. The Hall–Kier alpha value is -2.52. The third-order valence-electron chi connectivity index (χ3n) is 4.22. The average molecular weight is 364 g/mol. The zero-order valence-corrected chi connectivity index (χ0v) is 14.2. The van der Waals surface area contributed by atoms with E-state index in [4.69, 9.17) is 0 Å². The molecule has 1 fully saturated rings. The van der Waals surface area contributed by atoms with Crippen LogP contribution in [0, 0.1) is 0 Å². The Morgan fingerprint density at radius 1 is 1.28 bits per heavy atom. The molecule has 0 spiro atoms. The monoisotopic (exact) mass is 364 g/mol. The van der Waals surface area contributed by atoms with Crippen LogP contribution in [0.1, 0.15) is 23.3 Å². The van der Waals surface area contributed by atoms with Crippen molar-refractivity contribution < 1.29 is 27.9 Å². The van der Waals surface area contributed by atoms with Crippen LogP contribution >= 0.6 is 0 Å². The fourth-order valence-electron chi connectivity index (χ4n) is 3.06. The number of aliphatic carboxylic acids is 1. The molecule has 2 heterocycles. The number of carboxylic acids is 1. The molecular weight excluding hydrogens is 348 g/mol. The summed E-state index contributed by atoms with van der Waals surface area (Å²) in [6.45, 7) is 0.143. The topological polar surface area (TPSA) is 114 Å². The van der Waals surface area contributed by atoms with Crippen LogP contribution in [0.4, 0.5) is 0 Å². The van der Waals surface area contributed by atoms with Crippen molar-refractivity contribution >= 4 is 32.7 Å². The molecule has 0 unspecified atom stereocenters. The van der Waals surface area contributed by atoms with E-state index in [1.54, 1.807) is 6.07 Å². The molecule has 1 aliphatic rings. The number of pyridine rings is 1. The van der Waals surface area contributed by atoms with Gasteiger partial charge in [0.1, 0.15) is 6.04 Å². The third-order valence-corrected chi connectivity index (χ3v) is 6.19. The fraction of sp³-hybridized carbons (Fsp3) is 0.312. The second-order valence-electron chi connectivity index (χ2n) is 5.61. The van der Waals surface area contributed by atoms with Crippen molar-refractivity contribution in [1.29, 1.82) is 0 Å². The highest BCUT2D eigenvalue weighted by Gasteiger charge is 2.40. The van der Waals surface area contributed by atoms with E-state index >= 15 is 0 Å². The van der Waals surface area contributed by atoms with Gasteiger partial charge >= 0.3 is 11.9 Å². The van der Waals surface area contributed by atoms with Crippen molar-refractivity contribution in [3.63, 3.8) is 0 Å². The summed E-state index contributed by atoms with van der Waals surface area (Å²) in [5, 5.41) is 9.91. The van der Waals surface area contributed by atoms with E-state index in [0.717, 1.165) is 4.31 Å². The Bertz CT molecular complexity index is 956. The number of carbonyl (C=O) groups is 2. The highest BCUT2D eigenvalue weighted by Crippen LogP contribution is 2.31. The lowest BCUT2D eigenvalue weighted by Crippen LogP contribution is -2.40. The lowest BCUT2D eigenvalue weighted by molar-refractivity contribution is -0.140. The number of carboxylic acid groups (broad SMARTS) is 1. The average Bonchev–Trinajstić information content (AvgIpc) is 3.11. The number of hydrogen-bond donors (Lipinski definition) is 1. The zero-order valence-electron chi connectivity index (χ0n) is 13.4. The molecule has 0 amide bonds. The molecule has 2 aromatic rings. The maximum atomic E-state index is 13.0. The van der Waals surface area contributed by atoms with Gasteiger partial charge < -0.3 is 9.84 Å². The molecule has 3 rings (SSSR count). The lowest BCUT2D eigenvalue weighted by Gasteiger charge is -2.22. The predicted molar refractivity (Wildman–Crippen MR) is 87.6 cm³/mol. The highest BCUT2D eigenvalue weighted by molar-refractivity contribution is 7.89. The summed E-state index contributed by atoms with van der Waals surface area (Å²) in [7, 11) is -2.82. The third kappa shape index (κ3) is 2.85. The van der Waals surface area contributed by atoms with Crippen LogP contribution in [0.3, 0.4) is 0 Å². The quantitative estimate of drug-likeness (QED) is 0.812. The Morgan fingerprint density at radius 3 is 2.72 bits per heavy atom. The van der Waals surface area contributed by atoms with Gasteiger partial charge in [0, 0.05) is 23.5 Å². The van der Waals surface area contributed by atoms with Crippen LogP contribution in [0.2, 0.25) is 0 Å². The number of carbonyl (C=O) groups excluding carboxylic acids is 1. The molecule has 1 saturated heterocycles. The van der Waals surface area contributed by atoms with Crippen molar-refractivity contribution in [2.24, 2.45) is 0 Å². The molecule has 25 heavy (non-hydrogen) atoms. The first-order valence-corrected chi connectivity index (χ1v) is 9.02. The van der Waals surface area contributed by atoms with E-state index in [9.17, 15) is 23.1 Å². The Morgan fingerprint density at radius 2 is 2.04 bits per heavy atom. The number of sulfonamides is 1. The molecule has 0 radical (unpaired) electrons. The minimum atomic E-state index is -4.04. The van der Waals surface area contributed by atoms with Crippen LogP contribution in [0.25, 0.3) is 10.8 Å². The maximum absolute atomic E-state index is 13.0. The van der Waals surface area contributed by atoms with Gasteiger partial charge in [-0.1, -0.05) is 12.1 Å². The highest BCUT2D eigenvalue weighted by atomic mass is 32.2. The number of fused-ring (bicyclic) bond motifs is 1. The number of hydrogen-bond acceptors (Lipinski definition) is 6. The summed E-state index contributed by atoms with van der Waals surface area (Å²) in [5.74, 6) is -1.84. The minimum Gasteiger partial charge on any atom is -0.480 e. The van der Waals surface area contributed by atoms with E-state index < -0.39 is 28.0 Å². The standard InChI is InChI=1S/C16H16N2O6S/c1-24-16(21)14-11-4-2-6-13(10(11)7-8-17-14)25(22,23)18-9-3-5-12(18)15(19)20/h2,4,6-8,12H,3,5,9H2,1H3,(H,19,20)/t12-/m0/s1. The Balaban J connectivity index is 2.19. The first-order chi connectivity index (χ1) is 11.9. The molecule has 132 valence electrons. The molecule has 8 nitrogen and oxygen atoms in total. The van der Waals surface area contributed by atoms with E-state index in [-0.39, 0.29) is 23.6 Å².